The lowest BCUT2D eigenvalue weighted by Gasteiger charge is -2.30. The molecule has 0 unspecified atom stereocenters. The van der Waals surface area contributed by atoms with E-state index in [9.17, 15) is 4.79 Å². The summed E-state index contributed by atoms with van der Waals surface area (Å²) in [5.74, 6) is 0.942. The predicted octanol–water partition coefficient (Wildman–Crippen LogP) is 4.85. The third kappa shape index (κ3) is 4.96. The van der Waals surface area contributed by atoms with Crippen molar-refractivity contribution in [1.29, 1.82) is 0 Å². The molecule has 1 amide bonds. The van der Waals surface area contributed by atoms with Gasteiger partial charge in [0.25, 0.3) is 0 Å². The van der Waals surface area contributed by atoms with Gasteiger partial charge in [0.15, 0.2) is 0 Å². The molecule has 0 saturated carbocycles. The SMILES string of the molecule is COc1ccc([C@@H]2CCCCCN2CC(=O)Nc2ccccc2N2CCCC2)cc1. The first kappa shape index (κ1) is 20.7. The quantitative estimate of drug-likeness (QED) is 0.743. The molecule has 0 spiro atoms. The van der Waals surface area contributed by atoms with E-state index in [-0.39, 0.29) is 11.9 Å². The Kier molecular flexibility index (Phi) is 6.90. The van der Waals surface area contributed by atoms with Crippen molar-refractivity contribution >= 4 is 17.3 Å². The Morgan fingerprint density at radius 3 is 2.47 bits per heavy atom. The summed E-state index contributed by atoms with van der Waals surface area (Å²) >= 11 is 0. The number of hydrogen-bond acceptors (Lipinski definition) is 4. The minimum atomic E-state index is 0.0714. The fraction of sp³-hybridized carbons (Fsp3) is 0.480. The van der Waals surface area contributed by atoms with Crippen LogP contribution in [0.3, 0.4) is 0 Å². The smallest absolute Gasteiger partial charge is 0.238 e. The first-order valence-electron chi connectivity index (χ1n) is 11.3. The highest BCUT2D eigenvalue weighted by Gasteiger charge is 2.25. The number of likely N-dealkylation sites (tertiary alicyclic amines) is 1. The molecular formula is C25H33N3O2. The summed E-state index contributed by atoms with van der Waals surface area (Å²) in [6.45, 7) is 3.51. The molecule has 2 aromatic carbocycles. The summed E-state index contributed by atoms with van der Waals surface area (Å²) < 4.78 is 5.31. The van der Waals surface area contributed by atoms with Crippen LogP contribution in [0.2, 0.25) is 0 Å². The Balaban J connectivity index is 1.46. The molecule has 2 aliphatic rings. The van der Waals surface area contributed by atoms with E-state index in [1.54, 1.807) is 7.11 Å². The third-order valence-corrected chi connectivity index (χ3v) is 6.34. The second-order valence-electron chi connectivity index (χ2n) is 8.37. The number of rotatable bonds is 6. The van der Waals surface area contributed by atoms with Gasteiger partial charge in [0.05, 0.1) is 25.0 Å². The van der Waals surface area contributed by atoms with Crippen LogP contribution in [0.4, 0.5) is 11.4 Å². The minimum absolute atomic E-state index is 0.0714. The van der Waals surface area contributed by atoms with Crippen LogP contribution in [-0.2, 0) is 4.79 Å². The number of carbonyl (C=O) groups excluding carboxylic acids is 1. The van der Waals surface area contributed by atoms with E-state index in [1.807, 2.05) is 24.3 Å². The summed E-state index contributed by atoms with van der Waals surface area (Å²) in [6, 6.07) is 16.8. The van der Waals surface area contributed by atoms with Crippen molar-refractivity contribution in [3.8, 4) is 5.75 Å². The van der Waals surface area contributed by atoms with E-state index in [0.717, 1.165) is 49.6 Å². The Labute approximate surface area is 180 Å². The topological polar surface area (TPSA) is 44.8 Å². The van der Waals surface area contributed by atoms with Crippen LogP contribution in [-0.4, -0.2) is 44.1 Å². The lowest BCUT2D eigenvalue weighted by atomic mass is 10.0. The normalized spacial score (nSPS) is 20.0. The molecule has 1 N–H and O–H groups in total. The van der Waals surface area contributed by atoms with Crippen molar-refractivity contribution in [3.05, 3.63) is 54.1 Å². The number of amides is 1. The Hall–Kier alpha value is -2.53. The molecule has 0 radical (unpaired) electrons. The van der Waals surface area contributed by atoms with E-state index in [2.05, 4.69) is 39.4 Å². The van der Waals surface area contributed by atoms with E-state index in [4.69, 9.17) is 4.74 Å². The van der Waals surface area contributed by atoms with Crippen LogP contribution in [0.15, 0.2) is 48.5 Å². The van der Waals surface area contributed by atoms with Gasteiger partial charge in [-0.3, -0.25) is 9.69 Å². The zero-order chi connectivity index (χ0) is 20.8. The van der Waals surface area contributed by atoms with E-state index in [0.29, 0.717) is 6.54 Å². The number of carbonyl (C=O) groups is 1. The molecule has 160 valence electrons. The van der Waals surface area contributed by atoms with Crippen molar-refractivity contribution in [2.75, 3.05) is 43.5 Å². The molecule has 30 heavy (non-hydrogen) atoms. The van der Waals surface area contributed by atoms with Gasteiger partial charge >= 0.3 is 0 Å². The van der Waals surface area contributed by atoms with Gasteiger partial charge in [-0.25, -0.2) is 0 Å². The van der Waals surface area contributed by atoms with Gasteiger partial charge in [-0.2, -0.15) is 0 Å². The van der Waals surface area contributed by atoms with Gasteiger partial charge < -0.3 is 15.0 Å². The minimum Gasteiger partial charge on any atom is -0.497 e. The van der Waals surface area contributed by atoms with E-state index < -0.39 is 0 Å². The molecular weight excluding hydrogens is 374 g/mol. The average molecular weight is 408 g/mol. The van der Waals surface area contributed by atoms with Gasteiger partial charge in [0, 0.05) is 19.1 Å². The van der Waals surface area contributed by atoms with Gasteiger partial charge in [-0.05, 0) is 62.1 Å². The van der Waals surface area contributed by atoms with Crippen LogP contribution in [0.1, 0.15) is 50.1 Å². The highest BCUT2D eigenvalue weighted by molar-refractivity contribution is 5.95. The van der Waals surface area contributed by atoms with Crippen molar-refractivity contribution in [3.63, 3.8) is 0 Å². The number of anilines is 2. The van der Waals surface area contributed by atoms with Crippen molar-refractivity contribution in [1.82, 2.24) is 4.90 Å². The number of nitrogens with one attached hydrogen (secondary N) is 1. The molecule has 2 aliphatic heterocycles. The predicted molar refractivity (Wildman–Crippen MR) is 122 cm³/mol. The lowest BCUT2D eigenvalue weighted by Crippen LogP contribution is -2.36. The number of nitrogens with zero attached hydrogens (tertiary/aromatic N) is 2. The summed E-state index contributed by atoms with van der Waals surface area (Å²) in [4.78, 5) is 17.8. The number of para-hydroxylation sites is 2. The van der Waals surface area contributed by atoms with Crippen LogP contribution in [0, 0.1) is 0 Å². The molecule has 2 saturated heterocycles. The van der Waals surface area contributed by atoms with E-state index >= 15 is 0 Å². The number of ether oxygens (including phenoxy) is 1. The van der Waals surface area contributed by atoms with E-state index in [1.165, 1.54) is 31.2 Å². The van der Waals surface area contributed by atoms with Gasteiger partial charge in [-0.15, -0.1) is 0 Å². The largest absolute Gasteiger partial charge is 0.497 e. The number of methoxy groups -OCH3 is 1. The van der Waals surface area contributed by atoms with Crippen molar-refractivity contribution < 1.29 is 9.53 Å². The summed E-state index contributed by atoms with van der Waals surface area (Å²) in [7, 11) is 1.69. The maximum Gasteiger partial charge on any atom is 0.238 e. The Bertz CT molecular complexity index is 831. The standard InChI is InChI=1S/C25H33N3O2/c1-30-21-14-12-20(13-15-21)23-10-3-2-6-18-28(23)19-25(29)26-22-9-4-5-11-24(22)27-16-7-8-17-27/h4-5,9,11-15,23H,2-3,6-8,10,16-19H2,1H3,(H,26,29)/t23-/m0/s1. The van der Waals surface area contributed by atoms with Crippen LogP contribution >= 0.6 is 0 Å². The molecule has 2 heterocycles. The van der Waals surface area contributed by atoms with Crippen molar-refractivity contribution in [2.24, 2.45) is 0 Å². The first-order valence-corrected chi connectivity index (χ1v) is 11.3. The molecule has 0 aromatic heterocycles. The van der Waals surface area contributed by atoms with Gasteiger partial charge in [-0.1, -0.05) is 37.1 Å². The molecule has 0 bridgehead atoms. The highest BCUT2D eigenvalue weighted by Crippen LogP contribution is 2.32. The fourth-order valence-electron chi connectivity index (χ4n) is 4.75. The third-order valence-electron chi connectivity index (χ3n) is 6.34. The molecule has 0 aliphatic carbocycles. The maximum absolute atomic E-state index is 13.0. The summed E-state index contributed by atoms with van der Waals surface area (Å²) in [6.07, 6.45) is 7.10. The number of benzene rings is 2. The molecule has 5 heteroatoms. The summed E-state index contributed by atoms with van der Waals surface area (Å²) in [5, 5.41) is 3.20. The van der Waals surface area contributed by atoms with Crippen LogP contribution < -0.4 is 15.0 Å². The zero-order valence-electron chi connectivity index (χ0n) is 18.0. The van der Waals surface area contributed by atoms with Crippen LogP contribution in [0.5, 0.6) is 5.75 Å². The lowest BCUT2D eigenvalue weighted by molar-refractivity contribution is -0.117. The molecule has 4 rings (SSSR count). The number of hydrogen-bond donors (Lipinski definition) is 1. The monoisotopic (exact) mass is 407 g/mol. The van der Waals surface area contributed by atoms with Crippen molar-refractivity contribution in [2.45, 2.75) is 44.6 Å². The average Bonchev–Trinajstić information content (AvgIpc) is 3.21. The highest BCUT2D eigenvalue weighted by atomic mass is 16.5. The van der Waals surface area contributed by atoms with Gasteiger partial charge in [0.2, 0.25) is 5.91 Å². The second kappa shape index (κ2) is 9.98. The molecule has 5 nitrogen and oxygen atoms in total. The van der Waals surface area contributed by atoms with Crippen LogP contribution in [0.25, 0.3) is 0 Å². The zero-order valence-corrected chi connectivity index (χ0v) is 18.0. The molecule has 2 fully saturated rings. The molecule has 1 atom stereocenters. The Morgan fingerprint density at radius 2 is 1.70 bits per heavy atom. The Morgan fingerprint density at radius 1 is 0.967 bits per heavy atom. The molecule has 2 aromatic rings. The summed E-state index contributed by atoms with van der Waals surface area (Å²) in [5.41, 5.74) is 3.34. The second-order valence-corrected chi connectivity index (χ2v) is 8.37. The van der Waals surface area contributed by atoms with Gasteiger partial charge in [0.1, 0.15) is 5.75 Å². The fourth-order valence-corrected chi connectivity index (χ4v) is 4.75. The maximum atomic E-state index is 13.0. The first-order chi connectivity index (χ1) is 14.7.